The lowest BCUT2D eigenvalue weighted by molar-refractivity contribution is 0.167. The standard InChI is InChI=1S/C13H18N2O2/c1-3-12(16)9-15-8-10-4-5-13(17-2)11(6-10)7-14/h4-6,12,15-16H,3,8-9H2,1-2H3. The normalized spacial score (nSPS) is 11.9. The Balaban J connectivity index is 2.58. The summed E-state index contributed by atoms with van der Waals surface area (Å²) in [4.78, 5) is 0. The van der Waals surface area contributed by atoms with E-state index in [-0.39, 0.29) is 6.10 Å². The van der Waals surface area contributed by atoms with Crippen molar-refractivity contribution >= 4 is 0 Å². The Labute approximate surface area is 102 Å². The lowest BCUT2D eigenvalue weighted by atomic mass is 10.1. The maximum Gasteiger partial charge on any atom is 0.136 e. The fourth-order valence-corrected chi connectivity index (χ4v) is 1.48. The SMILES string of the molecule is CCC(O)CNCc1ccc(OC)c(C#N)c1. The summed E-state index contributed by atoms with van der Waals surface area (Å²) < 4.78 is 5.07. The van der Waals surface area contributed by atoms with Crippen LogP contribution in [0.4, 0.5) is 0 Å². The first-order chi connectivity index (χ1) is 8.21. The number of benzene rings is 1. The minimum absolute atomic E-state index is 0.316. The molecule has 0 heterocycles. The quantitative estimate of drug-likeness (QED) is 0.781. The third-order valence-electron chi connectivity index (χ3n) is 2.56. The molecule has 92 valence electrons. The van der Waals surface area contributed by atoms with Crippen LogP contribution in [-0.4, -0.2) is 24.9 Å². The van der Waals surface area contributed by atoms with E-state index in [1.165, 1.54) is 0 Å². The maximum absolute atomic E-state index is 9.38. The first-order valence-electron chi connectivity index (χ1n) is 5.67. The average molecular weight is 234 g/mol. The van der Waals surface area contributed by atoms with Crippen LogP contribution in [0, 0.1) is 11.3 Å². The first kappa shape index (κ1) is 13.5. The monoisotopic (exact) mass is 234 g/mol. The molecule has 0 aliphatic carbocycles. The molecule has 1 rings (SSSR count). The average Bonchev–Trinajstić information content (AvgIpc) is 2.38. The molecule has 0 amide bonds. The molecule has 0 spiro atoms. The van der Waals surface area contributed by atoms with E-state index in [0.717, 1.165) is 12.0 Å². The van der Waals surface area contributed by atoms with Gasteiger partial charge < -0.3 is 15.2 Å². The third-order valence-corrected chi connectivity index (χ3v) is 2.56. The van der Waals surface area contributed by atoms with E-state index in [4.69, 9.17) is 10.00 Å². The lowest BCUT2D eigenvalue weighted by Crippen LogP contribution is -2.25. The highest BCUT2D eigenvalue weighted by Gasteiger charge is 2.04. The summed E-state index contributed by atoms with van der Waals surface area (Å²) in [5.41, 5.74) is 1.54. The summed E-state index contributed by atoms with van der Waals surface area (Å²) in [5.74, 6) is 0.588. The molecule has 0 radical (unpaired) electrons. The smallest absolute Gasteiger partial charge is 0.136 e. The van der Waals surface area contributed by atoms with E-state index >= 15 is 0 Å². The number of nitrogens with zero attached hydrogens (tertiary/aromatic N) is 1. The minimum atomic E-state index is -0.316. The molecule has 0 aliphatic rings. The zero-order valence-electron chi connectivity index (χ0n) is 10.2. The second-order valence-electron chi connectivity index (χ2n) is 3.84. The molecule has 0 saturated carbocycles. The summed E-state index contributed by atoms with van der Waals surface area (Å²) >= 11 is 0. The van der Waals surface area contributed by atoms with Crippen LogP contribution in [0.3, 0.4) is 0 Å². The Morgan fingerprint density at radius 3 is 2.88 bits per heavy atom. The number of aliphatic hydroxyl groups excluding tert-OH is 1. The van der Waals surface area contributed by atoms with E-state index in [1.54, 1.807) is 19.2 Å². The molecule has 1 unspecified atom stereocenters. The third kappa shape index (κ3) is 4.06. The molecule has 1 atom stereocenters. The predicted molar refractivity (Wildman–Crippen MR) is 65.7 cm³/mol. The molecule has 1 aromatic carbocycles. The van der Waals surface area contributed by atoms with E-state index in [1.807, 2.05) is 13.0 Å². The van der Waals surface area contributed by atoms with Gasteiger partial charge in [-0.1, -0.05) is 13.0 Å². The summed E-state index contributed by atoms with van der Waals surface area (Å²) in [5, 5.41) is 21.5. The molecule has 0 bridgehead atoms. The van der Waals surface area contributed by atoms with Gasteiger partial charge in [-0.3, -0.25) is 0 Å². The van der Waals surface area contributed by atoms with Gasteiger partial charge in [0.1, 0.15) is 11.8 Å². The molecule has 4 nitrogen and oxygen atoms in total. The van der Waals surface area contributed by atoms with Gasteiger partial charge in [0.2, 0.25) is 0 Å². The fraction of sp³-hybridized carbons (Fsp3) is 0.462. The summed E-state index contributed by atoms with van der Waals surface area (Å²) in [6.07, 6.45) is 0.419. The molecule has 17 heavy (non-hydrogen) atoms. The van der Waals surface area contributed by atoms with Gasteiger partial charge >= 0.3 is 0 Å². The second-order valence-corrected chi connectivity index (χ2v) is 3.84. The number of nitriles is 1. The summed E-state index contributed by atoms with van der Waals surface area (Å²) in [6, 6.07) is 7.58. The fourth-order valence-electron chi connectivity index (χ4n) is 1.48. The molecular weight excluding hydrogens is 216 g/mol. The number of nitrogens with one attached hydrogen (secondary N) is 1. The van der Waals surface area contributed by atoms with E-state index in [2.05, 4.69) is 11.4 Å². The molecule has 1 aromatic rings. The van der Waals surface area contributed by atoms with Crippen molar-refractivity contribution in [1.82, 2.24) is 5.32 Å². The Bertz CT molecular complexity index is 399. The molecule has 0 fully saturated rings. The van der Waals surface area contributed by atoms with Crippen LogP contribution in [-0.2, 0) is 6.54 Å². The minimum Gasteiger partial charge on any atom is -0.495 e. The van der Waals surface area contributed by atoms with Crippen LogP contribution in [0.1, 0.15) is 24.5 Å². The van der Waals surface area contributed by atoms with Gasteiger partial charge in [-0.2, -0.15) is 5.26 Å². The molecule has 4 heteroatoms. The zero-order chi connectivity index (χ0) is 12.7. The lowest BCUT2D eigenvalue weighted by Gasteiger charge is -2.10. The zero-order valence-corrected chi connectivity index (χ0v) is 10.2. The molecular formula is C13H18N2O2. The number of rotatable bonds is 6. The Kier molecular flexibility index (Phi) is 5.47. The van der Waals surface area contributed by atoms with Crippen molar-refractivity contribution in [1.29, 1.82) is 5.26 Å². The van der Waals surface area contributed by atoms with Gasteiger partial charge in [-0.15, -0.1) is 0 Å². The highest BCUT2D eigenvalue weighted by atomic mass is 16.5. The van der Waals surface area contributed by atoms with Gasteiger partial charge in [0, 0.05) is 13.1 Å². The van der Waals surface area contributed by atoms with Crippen molar-refractivity contribution in [3.8, 4) is 11.8 Å². The molecule has 2 N–H and O–H groups in total. The Morgan fingerprint density at radius 1 is 1.53 bits per heavy atom. The van der Waals surface area contributed by atoms with Crippen LogP contribution in [0.2, 0.25) is 0 Å². The van der Waals surface area contributed by atoms with E-state index < -0.39 is 0 Å². The van der Waals surface area contributed by atoms with Crippen molar-refractivity contribution in [2.75, 3.05) is 13.7 Å². The van der Waals surface area contributed by atoms with Crippen LogP contribution in [0.15, 0.2) is 18.2 Å². The van der Waals surface area contributed by atoms with Crippen LogP contribution >= 0.6 is 0 Å². The molecule has 0 aliphatic heterocycles. The molecule has 0 saturated heterocycles. The predicted octanol–water partition coefficient (Wildman–Crippen LogP) is 1.43. The number of ether oxygens (including phenoxy) is 1. The Morgan fingerprint density at radius 2 is 2.29 bits per heavy atom. The number of methoxy groups -OCH3 is 1. The van der Waals surface area contributed by atoms with Gasteiger partial charge in [0.15, 0.2) is 0 Å². The van der Waals surface area contributed by atoms with E-state index in [0.29, 0.717) is 24.4 Å². The van der Waals surface area contributed by atoms with Crippen molar-refractivity contribution in [3.63, 3.8) is 0 Å². The van der Waals surface area contributed by atoms with Gasteiger partial charge in [-0.25, -0.2) is 0 Å². The summed E-state index contributed by atoms with van der Waals surface area (Å²) in [7, 11) is 1.55. The van der Waals surface area contributed by atoms with E-state index in [9.17, 15) is 5.11 Å². The van der Waals surface area contributed by atoms with Gasteiger partial charge in [0.05, 0.1) is 18.8 Å². The van der Waals surface area contributed by atoms with Gasteiger partial charge in [0.25, 0.3) is 0 Å². The highest BCUT2D eigenvalue weighted by molar-refractivity contribution is 5.45. The first-order valence-corrected chi connectivity index (χ1v) is 5.67. The number of hydrogen-bond acceptors (Lipinski definition) is 4. The van der Waals surface area contributed by atoms with Crippen LogP contribution in [0.25, 0.3) is 0 Å². The van der Waals surface area contributed by atoms with Crippen molar-refractivity contribution in [2.45, 2.75) is 26.0 Å². The largest absolute Gasteiger partial charge is 0.495 e. The number of hydrogen-bond donors (Lipinski definition) is 2. The number of aliphatic hydroxyl groups is 1. The summed E-state index contributed by atoms with van der Waals surface area (Å²) in [6.45, 7) is 3.13. The topological polar surface area (TPSA) is 65.3 Å². The molecule has 0 aromatic heterocycles. The van der Waals surface area contributed by atoms with Crippen molar-refractivity contribution < 1.29 is 9.84 Å². The second kappa shape index (κ2) is 6.89. The van der Waals surface area contributed by atoms with Gasteiger partial charge in [-0.05, 0) is 24.1 Å². The highest BCUT2D eigenvalue weighted by Crippen LogP contribution is 2.18. The van der Waals surface area contributed by atoms with Crippen molar-refractivity contribution in [3.05, 3.63) is 29.3 Å². The maximum atomic E-state index is 9.38. The van der Waals surface area contributed by atoms with Crippen LogP contribution < -0.4 is 10.1 Å². The Hall–Kier alpha value is -1.57. The van der Waals surface area contributed by atoms with Crippen LogP contribution in [0.5, 0.6) is 5.75 Å². The van der Waals surface area contributed by atoms with Crippen molar-refractivity contribution in [2.24, 2.45) is 0 Å².